The molecule has 0 unspecified atom stereocenters. The summed E-state index contributed by atoms with van der Waals surface area (Å²) in [4.78, 5) is 29.6. The number of para-hydroxylation sites is 2. The number of pyridine rings is 1. The van der Waals surface area contributed by atoms with Gasteiger partial charge in [0, 0.05) is 35.7 Å². The minimum absolute atomic E-state index is 0.223. The highest BCUT2D eigenvalue weighted by atomic mass is 16.2. The molecule has 200 valence electrons. The van der Waals surface area contributed by atoms with Gasteiger partial charge in [0.25, 0.3) is 11.8 Å². The van der Waals surface area contributed by atoms with Crippen LogP contribution in [-0.2, 0) is 13.5 Å². The van der Waals surface area contributed by atoms with E-state index < -0.39 is 0 Å². The van der Waals surface area contributed by atoms with Crippen molar-refractivity contribution in [3.8, 4) is 0 Å². The Kier molecular flexibility index (Phi) is 7.25. The van der Waals surface area contributed by atoms with Gasteiger partial charge < -0.3 is 4.90 Å². The summed E-state index contributed by atoms with van der Waals surface area (Å²) in [5.41, 5.74) is 7.18. The molecule has 0 bridgehead atoms. The second-order valence-corrected chi connectivity index (χ2v) is 10.1. The molecule has 2 heterocycles. The van der Waals surface area contributed by atoms with Crippen LogP contribution in [0.1, 0.15) is 37.4 Å². The van der Waals surface area contributed by atoms with E-state index in [2.05, 4.69) is 53.4 Å². The molecule has 0 spiro atoms. The van der Waals surface area contributed by atoms with E-state index in [1.807, 2.05) is 96.8 Å². The van der Waals surface area contributed by atoms with Crippen molar-refractivity contribution in [1.29, 1.82) is 0 Å². The van der Waals surface area contributed by atoms with Crippen molar-refractivity contribution in [2.45, 2.75) is 6.42 Å². The van der Waals surface area contributed by atoms with Crippen LogP contribution in [0.2, 0.25) is 0 Å². The number of aryl methyl sites for hydroxylation is 1. The Hall–Kier alpha value is -5.29. The quantitative estimate of drug-likeness (QED) is 0.122. The van der Waals surface area contributed by atoms with Crippen LogP contribution in [0.15, 0.2) is 128 Å². The van der Waals surface area contributed by atoms with Gasteiger partial charge in [-0.1, -0.05) is 66.7 Å². The Morgan fingerprint density at radius 2 is 1.17 bits per heavy atom. The van der Waals surface area contributed by atoms with Crippen molar-refractivity contribution in [2.75, 3.05) is 11.4 Å². The summed E-state index contributed by atoms with van der Waals surface area (Å²) in [5.74, 6) is -0.452. The van der Waals surface area contributed by atoms with Gasteiger partial charge in [-0.05, 0) is 71.6 Å². The number of fused-ring (bicyclic) bond motifs is 1. The first kappa shape index (κ1) is 26.0. The average Bonchev–Trinajstić information content (AvgIpc) is 3.25. The fraction of sp³-hybridized carbons (Fsp3) is 0.0833. The number of hydrogen-bond acceptors (Lipinski definition) is 3. The normalized spacial score (nSPS) is 12.7. The Morgan fingerprint density at radius 1 is 0.634 bits per heavy atom. The second kappa shape index (κ2) is 11.4. The maximum Gasteiger partial charge on any atom is 0.261 e. The third kappa shape index (κ3) is 5.56. The molecule has 0 saturated carbocycles. The van der Waals surface area contributed by atoms with Crippen molar-refractivity contribution in [2.24, 2.45) is 7.05 Å². The summed E-state index contributed by atoms with van der Waals surface area (Å²) in [7, 11) is 1.96. The van der Waals surface area contributed by atoms with Gasteiger partial charge in [0.2, 0.25) is 0 Å². The Labute approximate surface area is 240 Å². The van der Waals surface area contributed by atoms with Crippen molar-refractivity contribution in [1.82, 2.24) is 4.90 Å². The van der Waals surface area contributed by atoms with E-state index in [1.54, 1.807) is 6.07 Å². The minimum Gasteiger partial charge on any atom is -0.311 e. The summed E-state index contributed by atoms with van der Waals surface area (Å²) in [6, 6.07) is 38.5. The van der Waals surface area contributed by atoms with Crippen LogP contribution in [0.5, 0.6) is 0 Å². The van der Waals surface area contributed by atoms with Crippen LogP contribution in [0.4, 0.5) is 17.1 Å². The van der Waals surface area contributed by atoms with E-state index in [-0.39, 0.29) is 11.8 Å². The molecule has 2 amide bonds. The Morgan fingerprint density at radius 3 is 1.80 bits per heavy atom. The van der Waals surface area contributed by atoms with Crippen molar-refractivity contribution < 1.29 is 14.2 Å². The van der Waals surface area contributed by atoms with Crippen LogP contribution in [0, 0.1) is 0 Å². The molecule has 5 nitrogen and oxygen atoms in total. The lowest BCUT2D eigenvalue weighted by Crippen LogP contribution is -2.32. The highest BCUT2D eigenvalue weighted by molar-refractivity contribution is 6.21. The van der Waals surface area contributed by atoms with Crippen LogP contribution in [0.25, 0.3) is 12.2 Å². The van der Waals surface area contributed by atoms with Gasteiger partial charge in [-0.15, -0.1) is 0 Å². The molecule has 1 aromatic heterocycles. The first-order chi connectivity index (χ1) is 20.1. The zero-order valence-electron chi connectivity index (χ0n) is 22.9. The zero-order chi connectivity index (χ0) is 28.2. The number of hydrogen-bond donors (Lipinski definition) is 0. The molecule has 6 rings (SSSR count). The number of imide groups is 1. The van der Waals surface area contributed by atoms with E-state index >= 15 is 0 Å². The largest absolute Gasteiger partial charge is 0.311 e. The van der Waals surface area contributed by atoms with E-state index in [0.717, 1.165) is 33.8 Å². The van der Waals surface area contributed by atoms with E-state index in [1.165, 1.54) is 4.90 Å². The summed E-state index contributed by atoms with van der Waals surface area (Å²) in [5, 5.41) is 0. The number of aromatic nitrogens is 1. The molecule has 0 N–H and O–H groups in total. The molecule has 4 aromatic carbocycles. The Bertz CT molecular complexity index is 1670. The summed E-state index contributed by atoms with van der Waals surface area (Å²) >= 11 is 0. The standard InChI is InChI=1S/C36H30N3O2/c1-37-23-20-28(21-24-37)22-25-38-35(40)33-19-16-29(26-34(33)36(38)41)13-12-27-14-17-32(18-15-27)39(30-8-4-2-5-9-30)31-10-6-3-7-11-31/h2-21,23-24,26H,22,25H2,1H3/q+1/b13-12+. The maximum absolute atomic E-state index is 13.1. The fourth-order valence-electron chi connectivity index (χ4n) is 5.08. The smallest absolute Gasteiger partial charge is 0.261 e. The number of rotatable bonds is 8. The first-order valence-corrected chi connectivity index (χ1v) is 13.7. The van der Waals surface area contributed by atoms with E-state index in [9.17, 15) is 9.59 Å². The highest BCUT2D eigenvalue weighted by Crippen LogP contribution is 2.34. The number of carbonyl (C=O) groups excluding carboxylic acids is 2. The minimum atomic E-state index is -0.229. The predicted molar refractivity (Wildman–Crippen MR) is 163 cm³/mol. The van der Waals surface area contributed by atoms with Gasteiger partial charge in [0.05, 0.1) is 11.1 Å². The number of benzene rings is 4. The molecule has 0 aliphatic carbocycles. The molecular formula is C36H30N3O2+. The molecule has 0 radical (unpaired) electrons. The van der Waals surface area contributed by atoms with Crippen molar-refractivity contribution >= 4 is 41.0 Å². The summed E-state index contributed by atoms with van der Waals surface area (Å²) < 4.78 is 1.96. The van der Waals surface area contributed by atoms with Crippen LogP contribution in [-0.4, -0.2) is 23.3 Å². The third-order valence-corrected chi connectivity index (χ3v) is 7.31. The second-order valence-electron chi connectivity index (χ2n) is 10.1. The number of amides is 2. The van der Waals surface area contributed by atoms with Crippen LogP contribution < -0.4 is 9.47 Å². The topological polar surface area (TPSA) is 44.5 Å². The highest BCUT2D eigenvalue weighted by Gasteiger charge is 2.35. The fourth-order valence-corrected chi connectivity index (χ4v) is 5.08. The van der Waals surface area contributed by atoms with E-state index in [4.69, 9.17) is 0 Å². The van der Waals surface area contributed by atoms with E-state index in [0.29, 0.717) is 24.1 Å². The van der Waals surface area contributed by atoms with Gasteiger partial charge in [-0.25, -0.2) is 4.57 Å². The molecule has 0 atom stereocenters. The molecule has 0 saturated heterocycles. The lowest BCUT2D eigenvalue weighted by atomic mass is 10.0. The number of nitrogens with zero attached hydrogens (tertiary/aromatic N) is 3. The average molecular weight is 537 g/mol. The van der Waals surface area contributed by atoms with Crippen molar-refractivity contribution in [3.63, 3.8) is 0 Å². The van der Waals surface area contributed by atoms with Gasteiger partial charge in [0.15, 0.2) is 12.4 Å². The van der Waals surface area contributed by atoms with Crippen molar-refractivity contribution in [3.05, 3.63) is 155 Å². The maximum atomic E-state index is 13.1. The lowest BCUT2D eigenvalue weighted by Gasteiger charge is -2.25. The molecule has 1 aliphatic heterocycles. The Balaban J connectivity index is 1.17. The first-order valence-electron chi connectivity index (χ1n) is 13.7. The molecule has 0 fully saturated rings. The van der Waals surface area contributed by atoms with Gasteiger partial charge >= 0.3 is 0 Å². The van der Waals surface area contributed by atoms with Gasteiger partial charge in [-0.2, -0.15) is 0 Å². The molecular weight excluding hydrogens is 506 g/mol. The van der Waals surface area contributed by atoms with Gasteiger partial charge in [0.1, 0.15) is 7.05 Å². The monoisotopic (exact) mass is 536 g/mol. The molecule has 5 aromatic rings. The molecule has 5 heteroatoms. The van der Waals surface area contributed by atoms with Gasteiger partial charge in [-0.3, -0.25) is 14.5 Å². The SMILES string of the molecule is C[n+]1ccc(CCN2C(=O)c3ccc(/C=C/c4ccc(N(c5ccccc5)c5ccccc5)cc4)cc3C2=O)cc1. The summed E-state index contributed by atoms with van der Waals surface area (Å²) in [6.07, 6.45) is 8.56. The van der Waals surface area contributed by atoms with Crippen LogP contribution >= 0.6 is 0 Å². The van der Waals surface area contributed by atoms with Crippen LogP contribution in [0.3, 0.4) is 0 Å². The predicted octanol–water partition coefficient (Wildman–Crippen LogP) is 6.99. The number of carbonyl (C=O) groups is 2. The third-order valence-electron chi connectivity index (χ3n) is 7.31. The molecule has 1 aliphatic rings. The summed E-state index contributed by atoms with van der Waals surface area (Å²) in [6.45, 7) is 0.362. The zero-order valence-corrected chi connectivity index (χ0v) is 22.9. The molecule has 41 heavy (non-hydrogen) atoms. The lowest BCUT2D eigenvalue weighted by molar-refractivity contribution is -0.671. The number of anilines is 3.